The van der Waals surface area contributed by atoms with Crippen molar-refractivity contribution in [2.75, 3.05) is 51.6 Å². The summed E-state index contributed by atoms with van der Waals surface area (Å²) in [5.74, 6) is 0.123. The van der Waals surface area contributed by atoms with Crippen LogP contribution in [-0.2, 0) is 19.5 Å². The van der Waals surface area contributed by atoms with Crippen LogP contribution >= 0.6 is 15.9 Å². The van der Waals surface area contributed by atoms with E-state index in [2.05, 4.69) is 15.9 Å². The summed E-state index contributed by atoms with van der Waals surface area (Å²) in [6, 6.07) is 0. The Morgan fingerprint density at radius 1 is 1.12 bits per heavy atom. The number of alkyl halides is 1. The van der Waals surface area contributed by atoms with Crippen LogP contribution in [0.1, 0.15) is 6.42 Å². The van der Waals surface area contributed by atoms with Gasteiger partial charge < -0.3 is 9.47 Å². The first-order chi connectivity index (χ1) is 7.58. The molecule has 0 aliphatic rings. The molecule has 0 aromatic rings. The van der Waals surface area contributed by atoms with Crippen LogP contribution in [0.5, 0.6) is 0 Å². The summed E-state index contributed by atoms with van der Waals surface area (Å²) in [6.45, 7) is 1.75. The highest BCUT2D eigenvalue weighted by Crippen LogP contribution is 2.04. The van der Waals surface area contributed by atoms with Gasteiger partial charge in [-0.3, -0.25) is 0 Å². The molecule has 0 unspecified atom stereocenters. The molecule has 16 heavy (non-hydrogen) atoms. The van der Waals surface area contributed by atoms with E-state index in [0.717, 1.165) is 0 Å². The Labute approximate surface area is 106 Å². The fourth-order valence-electron chi connectivity index (χ4n) is 1.19. The molecule has 0 aromatic heterocycles. The molecule has 7 heteroatoms. The molecule has 5 nitrogen and oxygen atoms in total. The number of ether oxygens (including phenoxy) is 2. The molecular weight excluding hydrogens is 298 g/mol. The number of hydrogen-bond donors (Lipinski definition) is 0. The Kier molecular flexibility index (Phi) is 9.53. The van der Waals surface area contributed by atoms with E-state index in [1.165, 1.54) is 4.31 Å². The zero-order chi connectivity index (χ0) is 12.4. The number of nitrogens with zero attached hydrogens (tertiary/aromatic N) is 1. The van der Waals surface area contributed by atoms with E-state index in [-0.39, 0.29) is 5.75 Å². The molecule has 0 rings (SSSR count). The standard InChI is InChI=1S/C9H20BrNO4S/c1-14-7-3-9-16(12,13)11(5-4-10)6-8-15-2/h3-9H2,1-2H3. The summed E-state index contributed by atoms with van der Waals surface area (Å²) in [6.07, 6.45) is 0.518. The van der Waals surface area contributed by atoms with Gasteiger partial charge in [-0.05, 0) is 6.42 Å². The van der Waals surface area contributed by atoms with Crippen LogP contribution < -0.4 is 0 Å². The largest absolute Gasteiger partial charge is 0.385 e. The van der Waals surface area contributed by atoms with Gasteiger partial charge in [-0.25, -0.2) is 8.42 Å². The highest BCUT2D eigenvalue weighted by Gasteiger charge is 2.20. The topological polar surface area (TPSA) is 55.8 Å². The van der Waals surface area contributed by atoms with Crippen molar-refractivity contribution in [3.63, 3.8) is 0 Å². The van der Waals surface area contributed by atoms with Crippen molar-refractivity contribution in [2.45, 2.75) is 6.42 Å². The van der Waals surface area contributed by atoms with E-state index in [1.54, 1.807) is 14.2 Å². The number of sulfonamides is 1. The van der Waals surface area contributed by atoms with Crippen LogP contribution in [0.4, 0.5) is 0 Å². The van der Waals surface area contributed by atoms with Gasteiger partial charge in [-0.2, -0.15) is 4.31 Å². The SMILES string of the molecule is COCCCS(=O)(=O)N(CCBr)CCOC. The van der Waals surface area contributed by atoms with Gasteiger partial charge in [0.15, 0.2) is 0 Å². The summed E-state index contributed by atoms with van der Waals surface area (Å²) in [4.78, 5) is 0. The fourth-order valence-corrected chi connectivity index (χ4v) is 3.32. The molecule has 0 fully saturated rings. The summed E-state index contributed by atoms with van der Waals surface area (Å²) >= 11 is 3.24. The predicted molar refractivity (Wildman–Crippen MR) is 67.5 cm³/mol. The molecule has 0 saturated carbocycles. The van der Waals surface area contributed by atoms with Gasteiger partial charge in [0.05, 0.1) is 12.4 Å². The van der Waals surface area contributed by atoms with Gasteiger partial charge in [-0.1, -0.05) is 15.9 Å². The maximum atomic E-state index is 11.9. The van der Waals surface area contributed by atoms with Crippen LogP contribution in [-0.4, -0.2) is 64.3 Å². The minimum absolute atomic E-state index is 0.123. The highest BCUT2D eigenvalue weighted by molar-refractivity contribution is 9.09. The molecule has 0 heterocycles. The Bertz CT molecular complexity index is 258. The molecule has 0 spiro atoms. The number of methoxy groups -OCH3 is 2. The molecule has 0 amide bonds. The van der Waals surface area contributed by atoms with Crippen molar-refractivity contribution in [1.29, 1.82) is 0 Å². The second-order valence-corrected chi connectivity index (χ2v) is 6.12. The van der Waals surface area contributed by atoms with Crippen LogP contribution in [0, 0.1) is 0 Å². The normalized spacial score (nSPS) is 12.2. The lowest BCUT2D eigenvalue weighted by Gasteiger charge is -2.20. The van der Waals surface area contributed by atoms with E-state index >= 15 is 0 Å². The average molecular weight is 318 g/mol. The Hall–Kier alpha value is 0.310. The third kappa shape index (κ3) is 6.80. The first-order valence-electron chi connectivity index (χ1n) is 5.10. The monoisotopic (exact) mass is 317 g/mol. The number of hydrogen-bond acceptors (Lipinski definition) is 4. The second-order valence-electron chi connectivity index (χ2n) is 3.24. The molecule has 98 valence electrons. The van der Waals surface area contributed by atoms with E-state index in [9.17, 15) is 8.42 Å². The van der Waals surface area contributed by atoms with E-state index in [1.807, 2.05) is 0 Å². The lowest BCUT2D eigenvalue weighted by atomic mass is 10.5. The highest BCUT2D eigenvalue weighted by atomic mass is 79.9. The fraction of sp³-hybridized carbons (Fsp3) is 1.00. The van der Waals surface area contributed by atoms with Crippen LogP contribution in [0.3, 0.4) is 0 Å². The van der Waals surface area contributed by atoms with Gasteiger partial charge in [-0.15, -0.1) is 0 Å². The third-order valence-corrected chi connectivity index (χ3v) is 4.33. The van der Waals surface area contributed by atoms with Gasteiger partial charge >= 0.3 is 0 Å². The maximum absolute atomic E-state index is 11.9. The maximum Gasteiger partial charge on any atom is 0.214 e. The van der Waals surface area contributed by atoms with Crippen molar-refractivity contribution in [1.82, 2.24) is 4.31 Å². The molecular formula is C9H20BrNO4S. The van der Waals surface area contributed by atoms with Gasteiger partial charge in [0.1, 0.15) is 0 Å². The lowest BCUT2D eigenvalue weighted by molar-refractivity contribution is 0.180. The van der Waals surface area contributed by atoms with Crippen molar-refractivity contribution >= 4 is 26.0 Å². The number of rotatable bonds is 10. The first kappa shape index (κ1) is 16.3. The minimum Gasteiger partial charge on any atom is -0.385 e. The summed E-state index contributed by atoms with van der Waals surface area (Å²) in [7, 11) is -0.0630. The van der Waals surface area contributed by atoms with Crippen LogP contribution in [0.25, 0.3) is 0 Å². The molecule has 0 saturated heterocycles. The Morgan fingerprint density at radius 3 is 2.25 bits per heavy atom. The van der Waals surface area contributed by atoms with E-state index < -0.39 is 10.0 Å². The molecule has 0 bridgehead atoms. The summed E-state index contributed by atoms with van der Waals surface area (Å²) in [5.41, 5.74) is 0. The first-order valence-corrected chi connectivity index (χ1v) is 7.83. The zero-order valence-electron chi connectivity index (χ0n) is 9.82. The van der Waals surface area contributed by atoms with E-state index in [4.69, 9.17) is 9.47 Å². The molecule has 0 aromatic carbocycles. The Balaban J connectivity index is 4.25. The quantitative estimate of drug-likeness (QED) is 0.439. The van der Waals surface area contributed by atoms with Crippen molar-refractivity contribution in [3.8, 4) is 0 Å². The van der Waals surface area contributed by atoms with Crippen molar-refractivity contribution < 1.29 is 17.9 Å². The van der Waals surface area contributed by atoms with Crippen molar-refractivity contribution in [2.24, 2.45) is 0 Å². The Morgan fingerprint density at radius 2 is 1.75 bits per heavy atom. The van der Waals surface area contributed by atoms with Gasteiger partial charge in [0.2, 0.25) is 10.0 Å². The molecule has 0 aliphatic heterocycles. The summed E-state index contributed by atoms with van der Waals surface area (Å²) in [5, 5.41) is 0.625. The zero-order valence-corrected chi connectivity index (χ0v) is 12.2. The molecule has 0 radical (unpaired) electrons. The summed E-state index contributed by atoms with van der Waals surface area (Å²) < 4.78 is 35.0. The smallest absolute Gasteiger partial charge is 0.214 e. The second kappa shape index (κ2) is 9.35. The minimum atomic E-state index is -3.19. The molecule has 0 aliphatic carbocycles. The molecule has 0 N–H and O–H groups in total. The predicted octanol–water partition coefficient (Wildman–Crippen LogP) is 0.696. The van der Waals surface area contributed by atoms with Crippen LogP contribution in [0.15, 0.2) is 0 Å². The number of halogens is 1. The lowest BCUT2D eigenvalue weighted by Crippen LogP contribution is -2.37. The third-order valence-electron chi connectivity index (χ3n) is 2.02. The molecule has 0 atom stereocenters. The van der Waals surface area contributed by atoms with Crippen LogP contribution in [0.2, 0.25) is 0 Å². The van der Waals surface area contributed by atoms with E-state index in [0.29, 0.717) is 38.1 Å². The van der Waals surface area contributed by atoms with Gasteiger partial charge in [0, 0.05) is 39.2 Å². The average Bonchev–Trinajstić information content (AvgIpc) is 2.24. The van der Waals surface area contributed by atoms with Crippen molar-refractivity contribution in [3.05, 3.63) is 0 Å². The van der Waals surface area contributed by atoms with Gasteiger partial charge in [0.25, 0.3) is 0 Å².